The number of carbonyl (C=O) groups excluding carboxylic acids is 2. The van der Waals surface area contributed by atoms with Gasteiger partial charge >= 0.3 is 0 Å². The topological polar surface area (TPSA) is 73.5 Å². The van der Waals surface area contributed by atoms with Crippen LogP contribution in [0.15, 0.2) is 24.3 Å². The number of carbonyl (C=O) groups is 2. The first-order valence-corrected chi connectivity index (χ1v) is 9.72. The maximum Gasteiger partial charge on any atom is 0.246 e. The Morgan fingerprint density at radius 2 is 2.00 bits per heavy atom. The molecular weight excluding hydrogens is 364 g/mol. The number of hydrogen-bond donors (Lipinski definition) is 3. The van der Waals surface area contributed by atoms with Gasteiger partial charge in [-0.15, -0.1) is 12.4 Å². The minimum absolute atomic E-state index is 0. The van der Waals surface area contributed by atoms with E-state index in [0.29, 0.717) is 6.04 Å². The number of rotatable bonds is 5. The van der Waals surface area contributed by atoms with E-state index in [-0.39, 0.29) is 30.1 Å². The Labute approximate surface area is 167 Å². The molecule has 2 aliphatic rings. The highest BCUT2D eigenvalue weighted by atomic mass is 35.5. The fraction of sp³-hybridized carbons (Fsp3) is 0.600. The SMILES string of the molecule is CC(NC(=O)[C@H]1CCN[C@@H](C)C1)C(=O)Nc1cccc(N2CCCC2)c1.Cl. The molecule has 150 valence electrons. The molecule has 3 N–H and O–H groups in total. The van der Waals surface area contributed by atoms with Crippen LogP contribution in [0.5, 0.6) is 0 Å². The Hall–Kier alpha value is -1.79. The second-order valence-corrected chi connectivity index (χ2v) is 7.54. The van der Waals surface area contributed by atoms with Gasteiger partial charge in [0.2, 0.25) is 11.8 Å². The number of hydrogen-bond acceptors (Lipinski definition) is 4. The van der Waals surface area contributed by atoms with Crippen LogP contribution in [-0.4, -0.2) is 43.5 Å². The monoisotopic (exact) mass is 394 g/mol. The van der Waals surface area contributed by atoms with Crippen molar-refractivity contribution in [3.8, 4) is 0 Å². The molecular formula is C20H31ClN4O2. The van der Waals surface area contributed by atoms with Gasteiger partial charge in [-0.25, -0.2) is 0 Å². The zero-order chi connectivity index (χ0) is 18.5. The van der Waals surface area contributed by atoms with Gasteiger partial charge in [0.15, 0.2) is 0 Å². The molecule has 0 bridgehead atoms. The maximum atomic E-state index is 12.5. The summed E-state index contributed by atoms with van der Waals surface area (Å²) in [6.07, 6.45) is 4.07. The molecule has 7 heteroatoms. The standard InChI is InChI=1S/C20H30N4O2.ClH/c1-14-12-16(8-9-21-14)20(26)22-15(2)19(25)23-17-6-5-7-18(13-17)24-10-3-4-11-24;/h5-7,13-16,21H,3-4,8-12H2,1-2H3,(H,22,26)(H,23,25);1H/t14-,15?,16-;/m0./s1. The largest absolute Gasteiger partial charge is 0.371 e. The fourth-order valence-corrected chi connectivity index (χ4v) is 3.77. The molecule has 0 spiro atoms. The number of halogens is 1. The molecule has 0 radical (unpaired) electrons. The average molecular weight is 395 g/mol. The number of piperidine rings is 1. The molecule has 2 saturated heterocycles. The van der Waals surface area contributed by atoms with Crippen molar-refractivity contribution in [3.05, 3.63) is 24.3 Å². The van der Waals surface area contributed by atoms with Gasteiger partial charge in [-0.05, 0) is 64.3 Å². The van der Waals surface area contributed by atoms with Gasteiger partial charge < -0.3 is 20.9 Å². The summed E-state index contributed by atoms with van der Waals surface area (Å²) < 4.78 is 0. The zero-order valence-electron chi connectivity index (χ0n) is 16.2. The molecule has 1 aromatic carbocycles. The van der Waals surface area contributed by atoms with Crippen LogP contribution in [0.1, 0.15) is 39.5 Å². The Kier molecular flexibility index (Phi) is 7.92. The minimum Gasteiger partial charge on any atom is -0.371 e. The molecule has 2 heterocycles. The van der Waals surface area contributed by atoms with E-state index in [1.807, 2.05) is 18.2 Å². The number of amides is 2. The normalized spacial score (nSPS) is 23.3. The third-order valence-corrected chi connectivity index (χ3v) is 5.33. The van der Waals surface area contributed by atoms with E-state index in [2.05, 4.69) is 33.8 Å². The van der Waals surface area contributed by atoms with Gasteiger partial charge in [0.1, 0.15) is 6.04 Å². The lowest BCUT2D eigenvalue weighted by Gasteiger charge is -2.28. The third kappa shape index (κ3) is 5.84. The van der Waals surface area contributed by atoms with Crippen molar-refractivity contribution in [2.24, 2.45) is 5.92 Å². The first-order chi connectivity index (χ1) is 12.5. The Balaban J connectivity index is 0.00000261. The summed E-state index contributed by atoms with van der Waals surface area (Å²) in [5.74, 6) is -0.217. The van der Waals surface area contributed by atoms with Crippen LogP contribution < -0.4 is 20.9 Å². The summed E-state index contributed by atoms with van der Waals surface area (Å²) in [5.41, 5.74) is 1.91. The molecule has 0 aliphatic carbocycles. The number of nitrogens with zero attached hydrogens (tertiary/aromatic N) is 1. The number of nitrogens with one attached hydrogen (secondary N) is 3. The van der Waals surface area contributed by atoms with E-state index in [1.165, 1.54) is 12.8 Å². The van der Waals surface area contributed by atoms with Gasteiger partial charge in [0.25, 0.3) is 0 Å². The minimum atomic E-state index is -0.553. The summed E-state index contributed by atoms with van der Waals surface area (Å²) in [5, 5.41) is 9.14. The van der Waals surface area contributed by atoms with Crippen molar-refractivity contribution in [3.63, 3.8) is 0 Å². The highest BCUT2D eigenvalue weighted by Crippen LogP contribution is 2.23. The first-order valence-electron chi connectivity index (χ1n) is 9.72. The molecule has 1 unspecified atom stereocenters. The van der Waals surface area contributed by atoms with Gasteiger partial charge in [0, 0.05) is 36.4 Å². The van der Waals surface area contributed by atoms with E-state index < -0.39 is 6.04 Å². The van der Waals surface area contributed by atoms with Crippen molar-refractivity contribution >= 4 is 35.6 Å². The van der Waals surface area contributed by atoms with E-state index in [1.54, 1.807) is 6.92 Å². The maximum absolute atomic E-state index is 12.5. The Morgan fingerprint density at radius 3 is 2.70 bits per heavy atom. The molecule has 0 saturated carbocycles. The van der Waals surface area contributed by atoms with Crippen LogP contribution in [0.25, 0.3) is 0 Å². The lowest BCUT2D eigenvalue weighted by atomic mass is 9.92. The summed E-state index contributed by atoms with van der Waals surface area (Å²) in [6, 6.07) is 7.72. The van der Waals surface area contributed by atoms with Crippen molar-refractivity contribution in [1.29, 1.82) is 0 Å². The lowest BCUT2D eigenvalue weighted by molar-refractivity contribution is -0.129. The van der Waals surface area contributed by atoms with Crippen LogP contribution in [0.4, 0.5) is 11.4 Å². The average Bonchev–Trinajstić information content (AvgIpc) is 3.16. The Bertz CT molecular complexity index is 649. The van der Waals surface area contributed by atoms with Crippen LogP contribution >= 0.6 is 12.4 Å². The van der Waals surface area contributed by atoms with Gasteiger partial charge in [-0.2, -0.15) is 0 Å². The molecule has 3 rings (SSSR count). The lowest BCUT2D eigenvalue weighted by Crippen LogP contribution is -2.47. The van der Waals surface area contributed by atoms with E-state index in [0.717, 1.165) is 43.9 Å². The highest BCUT2D eigenvalue weighted by Gasteiger charge is 2.27. The second-order valence-electron chi connectivity index (χ2n) is 7.54. The molecule has 0 aromatic heterocycles. The molecule has 6 nitrogen and oxygen atoms in total. The summed E-state index contributed by atoms with van der Waals surface area (Å²) in [4.78, 5) is 27.2. The predicted octanol–water partition coefficient (Wildman–Crippen LogP) is 2.54. The van der Waals surface area contributed by atoms with E-state index in [9.17, 15) is 9.59 Å². The number of benzene rings is 1. The van der Waals surface area contributed by atoms with Gasteiger partial charge in [0.05, 0.1) is 0 Å². The number of anilines is 2. The van der Waals surface area contributed by atoms with Crippen molar-refractivity contribution in [2.75, 3.05) is 29.9 Å². The third-order valence-electron chi connectivity index (χ3n) is 5.33. The van der Waals surface area contributed by atoms with Crippen LogP contribution in [-0.2, 0) is 9.59 Å². The smallest absolute Gasteiger partial charge is 0.246 e. The highest BCUT2D eigenvalue weighted by molar-refractivity contribution is 5.97. The van der Waals surface area contributed by atoms with Crippen molar-refractivity contribution < 1.29 is 9.59 Å². The molecule has 2 amide bonds. The predicted molar refractivity (Wildman–Crippen MR) is 112 cm³/mol. The van der Waals surface area contributed by atoms with Crippen molar-refractivity contribution in [2.45, 2.75) is 51.6 Å². The van der Waals surface area contributed by atoms with Crippen LogP contribution in [0, 0.1) is 5.92 Å². The fourth-order valence-electron chi connectivity index (χ4n) is 3.77. The second kappa shape index (κ2) is 9.95. The van der Waals surface area contributed by atoms with Crippen LogP contribution in [0.2, 0.25) is 0 Å². The molecule has 27 heavy (non-hydrogen) atoms. The van der Waals surface area contributed by atoms with Gasteiger partial charge in [-0.1, -0.05) is 6.07 Å². The van der Waals surface area contributed by atoms with Gasteiger partial charge in [-0.3, -0.25) is 9.59 Å². The summed E-state index contributed by atoms with van der Waals surface area (Å²) in [6.45, 7) is 6.81. The summed E-state index contributed by atoms with van der Waals surface area (Å²) in [7, 11) is 0. The molecule has 2 fully saturated rings. The van der Waals surface area contributed by atoms with Crippen LogP contribution in [0.3, 0.4) is 0 Å². The van der Waals surface area contributed by atoms with E-state index >= 15 is 0 Å². The zero-order valence-corrected chi connectivity index (χ0v) is 17.0. The first kappa shape index (κ1) is 21.5. The Morgan fingerprint density at radius 1 is 1.26 bits per heavy atom. The molecule has 1 aromatic rings. The summed E-state index contributed by atoms with van der Waals surface area (Å²) >= 11 is 0. The van der Waals surface area contributed by atoms with E-state index in [4.69, 9.17) is 0 Å². The molecule has 2 aliphatic heterocycles. The van der Waals surface area contributed by atoms with Crippen molar-refractivity contribution in [1.82, 2.24) is 10.6 Å². The molecule has 3 atom stereocenters. The quantitative estimate of drug-likeness (QED) is 0.717.